The van der Waals surface area contributed by atoms with E-state index in [1.807, 2.05) is 13.8 Å². The summed E-state index contributed by atoms with van der Waals surface area (Å²) in [6, 6.07) is 0. The third-order valence-electron chi connectivity index (χ3n) is 9.38. The number of unbranched alkanes of at least 4 members (excludes halogenated alkanes) is 5. The van der Waals surface area contributed by atoms with E-state index in [0.29, 0.717) is 18.8 Å². The van der Waals surface area contributed by atoms with Crippen molar-refractivity contribution in [3.05, 3.63) is 12.2 Å². The summed E-state index contributed by atoms with van der Waals surface area (Å²) in [5.74, 6) is 0.288. The molecule has 2 aliphatic rings. The minimum atomic E-state index is -2.12. The number of aliphatic hydroxyl groups is 1. The number of carbonyl (C=O) groups excluding carboxylic acids is 1. The van der Waals surface area contributed by atoms with Crippen LogP contribution >= 0.6 is 0 Å². The molecule has 0 bridgehead atoms. The zero-order valence-electron chi connectivity index (χ0n) is 27.8. The number of esters is 1. The van der Waals surface area contributed by atoms with Crippen LogP contribution in [0.25, 0.3) is 0 Å². The Labute approximate surface area is 253 Å². The topological polar surface area (TPSA) is 74.2 Å². The normalized spacial score (nSPS) is 26.6. The molecule has 0 aromatic carbocycles. The van der Waals surface area contributed by atoms with Crippen molar-refractivity contribution in [3.63, 3.8) is 0 Å². The third-order valence-corrected chi connectivity index (χ3v) is 13.9. The summed E-state index contributed by atoms with van der Waals surface area (Å²) in [4.78, 5) is 12.9. The molecule has 1 heterocycles. The summed E-state index contributed by atoms with van der Waals surface area (Å²) in [6.07, 6.45) is 18.1. The van der Waals surface area contributed by atoms with Crippen LogP contribution in [0, 0.1) is 11.8 Å². The van der Waals surface area contributed by atoms with Gasteiger partial charge in [0, 0.05) is 13.0 Å². The maximum Gasteiger partial charge on any atom is 0.334 e. The minimum Gasteiger partial charge on any atom is -0.461 e. The van der Waals surface area contributed by atoms with E-state index in [4.69, 9.17) is 18.6 Å². The molecule has 6 nitrogen and oxygen atoms in total. The van der Waals surface area contributed by atoms with Gasteiger partial charge < -0.3 is 23.7 Å². The molecule has 1 saturated heterocycles. The number of allylic oxidation sites excluding steroid dienone is 2. The maximum absolute atomic E-state index is 12.9. The van der Waals surface area contributed by atoms with Gasteiger partial charge >= 0.3 is 5.97 Å². The first-order valence-corrected chi connectivity index (χ1v) is 19.7. The molecule has 0 aromatic heterocycles. The van der Waals surface area contributed by atoms with Gasteiger partial charge in [0.2, 0.25) is 0 Å². The Balaban J connectivity index is 1.98. The lowest BCUT2D eigenvalue weighted by Crippen LogP contribution is -2.46. The standard InChI is InChI=1S/C34H64O6Si/c1-9-10-11-12-13-15-21-28-27(29(35)25-31(28)39-32-23-18-19-24-37-32)20-16-14-17-22-30(33(36)38-26(2)3)40-41(7,8)34(4,5)6/h14,16,26-32,35H,9-13,15,17-25H2,1-8H3/b16-14-/t27-,28-,29-,30?,31-,32?/m1/s1. The first kappa shape index (κ1) is 36.5. The molecule has 41 heavy (non-hydrogen) atoms. The van der Waals surface area contributed by atoms with E-state index in [1.54, 1.807) is 0 Å². The van der Waals surface area contributed by atoms with Gasteiger partial charge in [-0.25, -0.2) is 4.79 Å². The second-order valence-corrected chi connectivity index (χ2v) is 19.1. The van der Waals surface area contributed by atoms with E-state index in [9.17, 15) is 9.90 Å². The summed E-state index contributed by atoms with van der Waals surface area (Å²) in [6.45, 7) is 17.7. The van der Waals surface area contributed by atoms with Crippen LogP contribution in [-0.2, 0) is 23.4 Å². The average Bonchev–Trinajstić information content (AvgIpc) is 3.18. The van der Waals surface area contributed by atoms with Gasteiger partial charge in [0.25, 0.3) is 0 Å². The van der Waals surface area contributed by atoms with Crippen LogP contribution in [0.15, 0.2) is 12.2 Å². The Hall–Kier alpha value is -0.733. The molecule has 1 aliphatic carbocycles. The van der Waals surface area contributed by atoms with Crippen LogP contribution < -0.4 is 0 Å². The summed E-state index contributed by atoms with van der Waals surface area (Å²) in [5, 5.41) is 11.1. The van der Waals surface area contributed by atoms with E-state index in [2.05, 4.69) is 52.9 Å². The number of carbonyl (C=O) groups is 1. The minimum absolute atomic E-state index is 0.0180. The number of aliphatic hydroxyl groups excluding tert-OH is 1. The molecule has 2 unspecified atom stereocenters. The number of ether oxygens (including phenoxy) is 3. The van der Waals surface area contributed by atoms with Crippen LogP contribution in [0.3, 0.4) is 0 Å². The summed E-state index contributed by atoms with van der Waals surface area (Å²) in [7, 11) is -2.12. The van der Waals surface area contributed by atoms with Gasteiger partial charge in [0.1, 0.15) is 6.10 Å². The van der Waals surface area contributed by atoms with Crippen molar-refractivity contribution in [1.82, 2.24) is 0 Å². The fraction of sp³-hybridized carbons (Fsp3) is 0.912. The highest BCUT2D eigenvalue weighted by molar-refractivity contribution is 6.74. The lowest BCUT2D eigenvalue weighted by Gasteiger charge is -2.38. The van der Waals surface area contributed by atoms with E-state index in [1.165, 1.54) is 38.5 Å². The van der Waals surface area contributed by atoms with Crippen LogP contribution in [0.1, 0.15) is 131 Å². The van der Waals surface area contributed by atoms with Crippen LogP contribution in [0.2, 0.25) is 18.1 Å². The molecular formula is C34H64O6Si. The van der Waals surface area contributed by atoms with Crippen LogP contribution in [-0.4, -0.2) is 56.7 Å². The first-order valence-electron chi connectivity index (χ1n) is 16.8. The molecule has 7 heteroatoms. The molecule has 0 radical (unpaired) electrons. The SMILES string of the molecule is CCCCCCCC[C@@H]1[C@@H](C/C=C\CCC(O[Si](C)(C)C(C)(C)C)C(=O)OC(C)C)[C@H](O)C[C@H]1OC1CCCCO1. The molecule has 1 aliphatic heterocycles. The van der Waals surface area contributed by atoms with E-state index in [-0.39, 0.29) is 41.5 Å². The highest BCUT2D eigenvalue weighted by Gasteiger charge is 2.43. The highest BCUT2D eigenvalue weighted by atomic mass is 28.4. The van der Waals surface area contributed by atoms with Gasteiger partial charge in [-0.05, 0) is 88.8 Å². The Kier molecular flexibility index (Phi) is 16.2. The third kappa shape index (κ3) is 12.8. The Morgan fingerprint density at radius 3 is 2.39 bits per heavy atom. The Bertz CT molecular complexity index is 755. The van der Waals surface area contributed by atoms with Gasteiger partial charge in [0.05, 0.1) is 18.3 Å². The zero-order chi connectivity index (χ0) is 30.5. The zero-order valence-corrected chi connectivity index (χ0v) is 28.8. The van der Waals surface area contributed by atoms with Gasteiger partial charge in [-0.2, -0.15) is 0 Å². The van der Waals surface area contributed by atoms with E-state index >= 15 is 0 Å². The second-order valence-electron chi connectivity index (χ2n) is 14.3. The van der Waals surface area contributed by atoms with Crippen molar-refractivity contribution < 1.29 is 28.5 Å². The number of hydrogen-bond acceptors (Lipinski definition) is 6. The fourth-order valence-corrected chi connectivity index (χ4v) is 7.17. The molecule has 2 fully saturated rings. The van der Waals surface area contributed by atoms with Crippen molar-refractivity contribution >= 4 is 14.3 Å². The van der Waals surface area contributed by atoms with Gasteiger partial charge in [-0.3, -0.25) is 0 Å². The van der Waals surface area contributed by atoms with Gasteiger partial charge in [-0.1, -0.05) is 78.4 Å². The van der Waals surface area contributed by atoms with Crippen LogP contribution in [0.4, 0.5) is 0 Å². The van der Waals surface area contributed by atoms with Crippen LogP contribution in [0.5, 0.6) is 0 Å². The maximum atomic E-state index is 12.9. The summed E-state index contributed by atoms with van der Waals surface area (Å²) < 4.78 is 24.4. The Morgan fingerprint density at radius 2 is 1.76 bits per heavy atom. The number of rotatable bonds is 18. The molecular weight excluding hydrogens is 532 g/mol. The average molecular weight is 597 g/mol. The quantitative estimate of drug-likeness (QED) is 0.0738. The lowest BCUT2D eigenvalue weighted by molar-refractivity contribution is -0.196. The fourth-order valence-electron chi connectivity index (χ4n) is 5.90. The predicted octanol–water partition coefficient (Wildman–Crippen LogP) is 8.71. The monoisotopic (exact) mass is 596 g/mol. The predicted molar refractivity (Wildman–Crippen MR) is 170 cm³/mol. The summed E-state index contributed by atoms with van der Waals surface area (Å²) in [5.41, 5.74) is 0. The second kappa shape index (κ2) is 18.2. The molecule has 6 atom stereocenters. The van der Waals surface area contributed by atoms with Crippen molar-refractivity contribution in [1.29, 1.82) is 0 Å². The summed E-state index contributed by atoms with van der Waals surface area (Å²) >= 11 is 0. The molecule has 0 spiro atoms. The van der Waals surface area contributed by atoms with Crippen molar-refractivity contribution in [3.8, 4) is 0 Å². The largest absolute Gasteiger partial charge is 0.461 e. The molecule has 240 valence electrons. The van der Waals surface area contributed by atoms with Crippen molar-refractivity contribution in [2.24, 2.45) is 11.8 Å². The molecule has 0 amide bonds. The highest BCUT2D eigenvalue weighted by Crippen LogP contribution is 2.42. The van der Waals surface area contributed by atoms with Gasteiger partial charge in [0.15, 0.2) is 14.6 Å². The smallest absolute Gasteiger partial charge is 0.334 e. The van der Waals surface area contributed by atoms with Gasteiger partial charge in [-0.15, -0.1) is 0 Å². The van der Waals surface area contributed by atoms with Crippen molar-refractivity contribution in [2.75, 3.05) is 6.61 Å². The molecule has 1 saturated carbocycles. The molecule has 2 rings (SSSR count). The van der Waals surface area contributed by atoms with E-state index < -0.39 is 14.4 Å². The number of hydrogen-bond donors (Lipinski definition) is 1. The van der Waals surface area contributed by atoms with E-state index in [0.717, 1.165) is 45.1 Å². The molecule has 0 aromatic rings. The Morgan fingerprint density at radius 1 is 1.05 bits per heavy atom. The van der Waals surface area contributed by atoms with Crippen molar-refractivity contribution in [2.45, 2.75) is 180 Å². The lowest BCUT2D eigenvalue weighted by atomic mass is 9.86. The molecule has 1 N–H and O–H groups in total. The first-order chi connectivity index (χ1) is 19.4.